The minimum absolute atomic E-state index is 0.0842. The number of amides is 2. The van der Waals surface area contributed by atoms with Gasteiger partial charge in [-0.1, -0.05) is 37.8 Å². The van der Waals surface area contributed by atoms with Crippen molar-refractivity contribution in [3.63, 3.8) is 0 Å². The number of methoxy groups -OCH3 is 1. The highest BCUT2D eigenvalue weighted by Crippen LogP contribution is 2.34. The lowest BCUT2D eigenvalue weighted by Gasteiger charge is -2.26. The van der Waals surface area contributed by atoms with Crippen LogP contribution in [0.5, 0.6) is 5.75 Å². The summed E-state index contributed by atoms with van der Waals surface area (Å²) in [6.45, 7) is 5.54. The zero-order valence-corrected chi connectivity index (χ0v) is 24.5. The van der Waals surface area contributed by atoms with E-state index in [0.717, 1.165) is 36.3 Å². The molecule has 4 atom stereocenters. The highest BCUT2D eigenvalue weighted by Gasteiger charge is 2.50. The van der Waals surface area contributed by atoms with Gasteiger partial charge < -0.3 is 20.1 Å². The van der Waals surface area contributed by atoms with Crippen molar-refractivity contribution in [2.24, 2.45) is 11.8 Å². The van der Waals surface area contributed by atoms with Crippen LogP contribution in [0.4, 0.5) is 0 Å². The summed E-state index contributed by atoms with van der Waals surface area (Å²) in [5, 5.41) is 6.50. The monoisotopic (exact) mass is 569 g/mol. The number of hydrogen-bond acceptors (Lipinski definition) is 8. The largest absolute Gasteiger partial charge is 0.497 e. The Morgan fingerprint density at radius 2 is 1.82 bits per heavy atom. The Morgan fingerprint density at radius 1 is 1.15 bits per heavy atom. The topological polar surface area (TPSA) is 127 Å². The predicted molar refractivity (Wildman–Crippen MR) is 151 cm³/mol. The van der Waals surface area contributed by atoms with Crippen LogP contribution in [0.25, 0.3) is 0 Å². The highest BCUT2D eigenvalue weighted by molar-refractivity contribution is 7.13. The third kappa shape index (κ3) is 7.75. The highest BCUT2D eigenvalue weighted by atomic mass is 32.1. The molecule has 2 heterocycles. The first-order valence-electron chi connectivity index (χ1n) is 14.0. The molecule has 4 unspecified atom stereocenters. The number of benzene rings is 1. The van der Waals surface area contributed by atoms with Gasteiger partial charge in [-0.25, -0.2) is 4.98 Å². The van der Waals surface area contributed by atoms with Gasteiger partial charge in [-0.2, -0.15) is 0 Å². The van der Waals surface area contributed by atoms with E-state index in [1.54, 1.807) is 27.9 Å². The fraction of sp³-hybridized carbons (Fsp3) is 0.567. The minimum atomic E-state index is -0.856. The molecular weight excluding hydrogens is 530 g/mol. The summed E-state index contributed by atoms with van der Waals surface area (Å²) in [6, 6.07) is 5.88. The molecule has 10 heteroatoms. The van der Waals surface area contributed by atoms with Crippen LogP contribution in [0, 0.1) is 18.8 Å². The second-order valence-electron chi connectivity index (χ2n) is 11.2. The van der Waals surface area contributed by atoms with E-state index in [9.17, 15) is 19.2 Å². The summed E-state index contributed by atoms with van der Waals surface area (Å²) >= 11 is 1.25. The maximum Gasteiger partial charge on any atom is 0.263 e. The number of ether oxygens (including phenoxy) is 2. The van der Waals surface area contributed by atoms with Crippen molar-refractivity contribution in [1.29, 1.82) is 0 Å². The Hall–Kier alpha value is -3.11. The first-order chi connectivity index (χ1) is 19.1. The van der Waals surface area contributed by atoms with Gasteiger partial charge in [0.05, 0.1) is 37.0 Å². The number of carbonyl (C=O) groups is 4. The van der Waals surface area contributed by atoms with Crippen molar-refractivity contribution < 1.29 is 28.7 Å². The van der Waals surface area contributed by atoms with Crippen molar-refractivity contribution in [2.75, 3.05) is 13.7 Å². The number of epoxide rings is 1. The second kappa shape index (κ2) is 13.0. The van der Waals surface area contributed by atoms with Gasteiger partial charge in [-0.15, -0.1) is 11.3 Å². The zero-order chi connectivity index (χ0) is 28.9. The molecule has 1 aliphatic carbocycles. The number of aryl methyl sites for hydroxylation is 1. The van der Waals surface area contributed by atoms with Crippen LogP contribution in [0.1, 0.15) is 72.6 Å². The molecule has 1 saturated carbocycles. The summed E-state index contributed by atoms with van der Waals surface area (Å²) in [4.78, 5) is 57.4. The number of aromatic nitrogens is 1. The standard InChI is InChI=1S/C30H39N3O6S/c1-18(32-29(37)26-16-31-19(2)40-26)25(34)15-22(13-21-9-11-23(38-4)12-10-21)28(36)33-24(14-20-7-5-6-8-20)27(35)30(3)17-39-30/h9-12,16,18,20,22,24H,5-8,13-15,17H2,1-4H3,(H,32,37)(H,33,36). The smallest absolute Gasteiger partial charge is 0.263 e. The molecular formula is C30H39N3O6S. The molecule has 0 radical (unpaired) electrons. The Kier molecular flexibility index (Phi) is 9.73. The number of carbonyl (C=O) groups excluding carboxylic acids is 4. The van der Waals surface area contributed by atoms with E-state index in [1.807, 2.05) is 24.3 Å². The van der Waals surface area contributed by atoms with Gasteiger partial charge in [-0.05, 0) is 57.2 Å². The molecule has 4 rings (SSSR count). The maximum absolute atomic E-state index is 13.7. The molecule has 0 bridgehead atoms. The molecule has 1 aromatic heterocycles. The normalized spacial score (nSPS) is 20.8. The van der Waals surface area contributed by atoms with Crippen molar-refractivity contribution in [3.05, 3.63) is 45.9 Å². The lowest BCUT2D eigenvalue weighted by Crippen LogP contribution is -2.49. The van der Waals surface area contributed by atoms with Gasteiger partial charge in [0.15, 0.2) is 11.6 Å². The molecule has 1 aliphatic heterocycles. The Morgan fingerprint density at radius 3 is 2.40 bits per heavy atom. The molecule has 2 aromatic rings. The Bertz CT molecular complexity index is 1220. The SMILES string of the molecule is COc1ccc(CC(CC(=O)C(C)NC(=O)c2cnc(C)s2)C(=O)NC(CC2CCCC2)C(=O)C2(C)CO2)cc1. The molecule has 0 spiro atoms. The number of Topliss-reactive ketones (excluding diaryl/α,β-unsaturated/α-hetero) is 2. The summed E-state index contributed by atoms with van der Waals surface area (Å²) in [6.07, 6.45) is 6.63. The Labute approximate surface area is 239 Å². The van der Waals surface area contributed by atoms with E-state index in [1.165, 1.54) is 17.5 Å². The first-order valence-corrected chi connectivity index (χ1v) is 14.8. The third-order valence-corrected chi connectivity index (χ3v) is 8.82. The molecule has 216 valence electrons. The van der Waals surface area contributed by atoms with Gasteiger partial charge in [0.1, 0.15) is 16.2 Å². The van der Waals surface area contributed by atoms with Gasteiger partial charge in [-0.3, -0.25) is 19.2 Å². The van der Waals surface area contributed by atoms with Gasteiger partial charge in [0.2, 0.25) is 5.91 Å². The summed E-state index contributed by atoms with van der Waals surface area (Å²) < 4.78 is 10.7. The molecule has 1 aromatic carbocycles. The van der Waals surface area contributed by atoms with Crippen LogP contribution in [0.2, 0.25) is 0 Å². The van der Waals surface area contributed by atoms with Crippen molar-refractivity contribution in [1.82, 2.24) is 15.6 Å². The second-order valence-corrected chi connectivity index (χ2v) is 12.4. The average molecular weight is 570 g/mol. The number of nitrogens with one attached hydrogen (secondary N) is 2. The lowest BCUT2D eigenvalue weighted by molar-refractivity contribution is -0.134. The maximum atomic E-state index is 13.7. The summed E-state index contributed by atoms with van der Waals surface area (Å²) in [5.74, 6) is -0.747. The summed E-state index contributed by atoms with van der Waals surface area (Å²) in [7, 11) is 1.58. The van der Waals surface area contributed by atoms with Gasteiger partial charge in [0.25, 0.3) is 5.91 Å². The van der Waals surface area contributed by atoms with Gasteiger partial charge >= 0.3 is 0 Å². The van der Waals surface area contributed by atoms with Crippen molar-refractivity contribution in [3.8, 4) is 5.75 Å². The van der Waals surface area contributed by atoms with Crippen LogP contribution in [-0.4, -0.2) is 59.8 Å². The van der Waals surface area contributed by atoms with E-state index in [2.05, 4.69) is 15.6 Å². The van der Waals surface area contributed by atoms with Crippen LogP contribution < -0.4 is 15.4 Å². The van der Waals surface area contributed by atoms with Crippen LogP contribution >= 0.6 is 11.3 Å². The number of ketones is 2. The van der Waals surface area contributed by atoms with E-state index in [4.69, 9.17) is 9.47 Å². The fourth-order valence-electron chi connectivity index (χ4n) is 5.26. The molecule has 2 aliphatic rings. The van der Waals surface area contributed by atoms with Crippen LogP contribution in [0.15, 0.2) is 30.5 Å². The first kappa shape index (κ1) is 29.9. The average Bonchev–Trinajstić information content (AvgIpc) is 3.28. The van der Waals surface area contributed by atoms with E-state index in [-0.39, 0.29) is 29.8 Å². The molecule has 9 nitrogen and oxygen atoms in total. The quantitative estimate of drug-likeness (QED) is 0.331. The molecule has 2 fully saturated rings. The van der Waals surface area contributed by atoms with Crippen LogP contribution in [-0.2, 0) is 25.5 Å². The minimum Gasteiger partial charge on any atom is -0.497 e. The lowest BCUT2D eigenvalue weighted by atomic mass is 9.88. The zero-order valence-electron chi connectivity index (χ0n) is 23.7. The van der Waals surface area contributed by atoms with Crippen molar-refractivity contribution >= 4 is 34.7 Å². The Balaban J connectivity index is 1.48. The molecule has 2 N–H and O–H groups in total. The van der Waals surface area contributed by atoms with E-state index in [0.29, 0.717) is 36.0 Å². The van der Waals surface area contributed by atoms with Gasteiger partial charge in [0, 0.05) is 12.3 Å². The molecule has 40 heavy (non-hydrogen) atoms. The van der Waals surface area contributed by atoms with E-state index >= 15 is 0 Å². The van der Waals surface area contributed by atoms with Crippen LogP contribution in [0.3, 0.4) is 0 Å². The molecule has 2 amide bonds. The van der Waals surface area contributed by atoms with E-state index < -0.39 is 23.6 Å². The third-order valence-electron chi connectivity index (χ3n) is 7.91. The number of thiazole rings is 1. The number of rotatable bonds is 14. The summed E-state index contributed by atoms with van der Waals surface area (Å²) in [5.41, 5.74) is 0.00721. The van der Waals surface area contributed by atoms with Crippen molar-refractivity contribution in [2.45, 2.75) is 83.4 Å². The predicted octanol–water partition coefficient (Wildman–Crippen LogP) is 3.82. The number of hydrogen-bond donors (Lipinski definition) is 2. The fourth-order valence-corrected chi connectivity index (χ4v) is 5.94. The number of nitrogens with zero attached hydrogens (tertiary/aromatic N) is 1. The molecule has 1 saturated heterocycles.